The summed E-state index contributed by atoms with van der Waals surface area (Å²) in [4.78, 5) is 6.63. The van der Waals surface area contributed by atoms with Crippen molar-refractivity contribution in [3.8, 4) is 0 Å². The predicted octanol–water partition coefficient (Wildman–Crippen LogP) is 4.34. The summed E-state index contributed by atoms with van der Waals surface area (Å²) in [5, 5.41) is 4.35. The summed E-state index contributed by atoms with van der Waals surface area (Å²) < 4.78 is 2.02. The third kappa shape index (κ3) is 3.39. The molecule has 4 nitrogen and oxygen atoms in total. The lowest BCUT2D eigenvalue weighted by Gasteiger charge is -2.24. The molecular formula is C19H21ClN4. The summed E-state index contributed by atoms with van der Waals surface area (Å²) in [6.07, 6.45) is 3.76. The van der Waals surface area contributed by atoms with E-state index in [-0.39, 0.29) is 6.04 Å². The molecule has 3 rings (SSSR count). The van der Waals surface area contributed by atoms with Gasteiger partial charge in [-0.25, -0.2) is 4.98 Å². The van der Waals surface area contributed by atoms with Crippen LogP contribution in [0.4, 0.5) is 11.4 Å². The lowest BCUT2D eigenvalue weighted by Crippen LogP contribution is -2.19. The highest BCUT2D eigenvalue weighted by Gasteiger charge is 2.20. The number of nitrogens with zero attached hydrogens (tertiary/aromatic N) is 3. The molecule has 0 spiro atoms. The standard InChI is InChI=1S/C19H21ClN4/c1-23(2)17-10-5-4-9-16(17)22-18(19-21-11-12-24(19)3)14-7-6-8-15(20)13-14/h4-13,18,22H,1-3H3. The molecule has 0 saturated carbocycles. The van der Waals surface area contributed by atoms with Gasteiger partial charge >= 0.3 is 0 Å². The Bertz CT molecular complexity index is 825. The van der Waals surface area contributed by atoms with Crippen molar-refractivity contribution in [2.45, 2.75) is 6.04 Å². The Hall–Kier alpha value is -2.46. The number of halogens is 1. The fraction of sp³-hybridized carbons (Fsp3) is 0.211. The van der Waals surface area contributed by atoms with Crippen molar-refractivity contribution in [3.05, 3.63) is 77.3 Å². The Kier molecular flexibility index (Phi) is 4.76. The summed E-state index contributed by atoms with van der Waals surface area (Å²) in [6, 6.07) is 16.0. The average molecular weight is 341 g/mol. The summed E-state index contributed by atoms with van der Waals surface area (Å²) >= 11 is 6.21. The fourth-order valence-corrected chi connectivity index (χ4v) is 2.98. The van der Waals surface area contributed by atoms with Crippen LogP contribution < -0.4 is 10.2 Å². The van der Waals surface area contributed by atoms with E-state index in [0.717, 1.165) is 27.8 Å². The highest BCUT2D eigenvalue weighted by Crippen LogP contribution is 2.31. The van der Waals surface area contributed by atoms with Crippen molar-refractivity contribution < 1.29 is 0 Å². The van der Waals surface area contributed by atoms with Crippen molar-refractivity contribution in [1.29, 1.82) is 0 Å². The van der Waals surface area contributed by atoms with Gasteiger partial charge in [-0.05, 0) is 29.8 Å². The number of para-hydroxylation sites is 2. The Balaban J connectivity index is 2.05. The molecule has 5 heteroatoms. The van der Waals surface area contributed by atoms with E-state index in [9.17, 15) is 0 Å². The first-order chi connectivity index (χ1) is 11.6. The molecule has 124 valence electrons. The number of imidazole rings is 1. The van der Waals surface area contributed by atoms with Crippen LogP contribution in [0.15, 0.2) is 60.9 Å². The largest absolute Gasteiger partial charge is 0.376 e. The molecule has 0 aliphatic rings. The van der Waals surface area contributed by atoms with E-state index in [0.29, 0.717) is 0 Å². The normalized spacial score (nSPS) is 12.0. The number of rotatable bonds is 5. The van der Waals surface area contributed by atoms with Gasteiger partial charge in [0.25, 0.3) is 0 Å². The molecule has 0 aliphatic heterocycles. The molecule has 0 fully saturated rings. The first-order valence-electron chi connectivity index (χ1n) is 7.82. The summed E-state index contributed by atoms with van der Waals surface area (Å²) in [7, 11) is 6.07. The molecular weight excluding hydrogens is 320 g/mol. The van der Waals surface area contributed by atoms with E-state index in [1.807, 2.05) is 68.4 Å². The van der Waals surface area contributed by atoms with Crippen LogP contribution in [0.2, 0.25) is 5.02 Å². The first kappa shape index (κ1) is 16.4. The lowest BCUT2D eigenvalue weighted by atomic mass is 10.1. The molecule has 0 aliphatic carbocycles. The van der Waals surface area contributed by atoms with Gasteiger partial charge in [-0.15, -0.1) is 0 Å². The van der Waals surface area contributed by atoms with Gasteiger partial charge in [0.15, 0.2) is 0 Å². The van der Waals surface area contributed by atoms with Crippen LogP contribution in [-0.4, -0.2) is 23.6 Å². The Morgan fingerprint density at radius 2 is 1.92 bits per heavy atom. The lowest BCUT2D eigenvalue weighted by molar-refractivity contribution is 0.748. The van der Waals surface area contributed by atoms with Gasteiger partial charge in [-0.1, -0.05) is 35.9 Å². The second-order valence-electron chi connectivity index (χ2n) is 5.94. The monoisotopic (exact) mass is 340 g/mol. The van der Waals surface area contributed by atoms with Gasteiger partial charge < -0.3 is 14.8 Å². The molecule has 0 bridgehead atoms. The molecule has 1 atom stereocenters. The number of aromatic nitrogens is 2. The number of nitrogens with one attached hydrogen (secondary N) is 1. The second kappa shape index (κ2) is 6.97. The molecule has 1 N–H and O–H groups in total. The van der Waals surface area contributed by atoms with Crippen LogP contribution in [0.5, 0.6) is 0 Å². The smallest absolute Gasteiger partial charge is 0.135 e. The molecule has 24 heavy (non-hydrogen) atoms. The average Bonchev–Trinajstić information content (AvgIpc) is 2.98. The molecule has 0 radical (unpaired) electrons. The number of hydrogen-bond donors (Lipinski definition) is 1. The maximum Gasteiger partial charge on any atom is 0.135 e. The van der Waals surface area contributed by atoms with Gasteiger partial charge in [-0.2, -0.15) is 0 Å². The van der Waals surface area contributed by atoms with Crippen molar-refractivity contribution in [2.75, 3.05) is 24.3 Å². The summed E-state index contributed by atoms with van der Waals surface area (Å²) in [5.41, 5.74) is 3.25. The van der Waals surface area contributed by atoms with E-state index in [4.69, 9.17) is 11.6 Å². The summed E-state index contributed by atoms with van der Waals surface area (Å²) in [5.74, 6) is 0.936. The molecule has 0 saturated heterocycles. The quantitative estimate of drug-likeness (QED) is 0.750. The van der Waals surface area contributed by atoms with E-state index >= 15 is 0 Å². The van der Waals surface area contributed by atoms with Crippen LogP contribution in [0.3, 0.4) is 0 Å². The number of anilines is 2. The molecule has 0 amide bonds. The second-order valence-corrected chi connectivity index (χ2v) is 6.38. The van der Waals surface area contributed by atoms with Gasteiger partial charge in [0.1, 0.15) is 11.9 Å². The number of hydrogen-bond acceptors (Lipinski definition) is 3. The highest BCUT2D eigenvalue weighted by molar-refractivity contribution is 6.30. The topological polar surface area (TPSA) is 33.1 Å². The fourth-order valence-electron chi connectivity index (χ4n) is 2.78. The van der Waals surface area contributed by atoms with Crippen LogP contribution >= 0.6 is 11.6 Å². The maximum absolute atomic E-state index is 6.21. The maximum atomic E-state index is 6.21. The molecule has 1 unspecified atom stereocenters. The molecule has 2 aromatic carbocycles. The number of benzene rings is 2. The third-order valence-electron chi connectivity index (χ3n) is 3.98. The van der Waals surface area contributed by atoms with Gasteiger partial charge in [-0.3, -0.25) is 0 Å². The zero-order valence-corrected chi connectivity index (χ0v) is 14.8. The predicted molar refractivity (Wildman–Crippen MR) is 101 cm³/mol. The van der Waals surface area contributed by atoms with Crippen molar-refractivity contribution in [2.24, 2.45) is 7.05 Å². The molecule has 1 heterocycles. The summed E-state index contributed by atoms with van der Waals surface area (Å²) in [6.45, 7) is 0. The Morgan fingerprint density at radius 1 is 1.12 bits per heavy atom. The third-order valence-corrected chi connectivity index (χ3v) is 4.22. The van der Waals surface area contributed by atoms with Crippen molar-refractivity contribution in [1.82, 2.24) is 9.55 Å². The van der Waals surface area contributed by atoms with Gasteiger partial charge in [0, 0.05) is 38.6 Å². The minimum Gasteiger partial charge on any atom is -0.376 e. The van der Waals surface area contributed by atoms with Crippen LogP contribution in [0, 0.1) is 0 Å². The van der Waals surface area contributed by atoms with Crippen LogP contribution in [-0.2, 0) is 7.05 Å². The van der Waals surface area contributed by atoms with E-state index < -0.39 is 0 Å². The zero-order chi connectivity index (χ0) is 17.1. The van der Waals surface area contributed by atoms with E-state index in [2.05, 4.69) is 33.4 Å². The van der Waals surface area contributed by atoms with Gasteiger partial charge in [0.05, 0.1) is 11.4 Å². The highest BCUT2D eigenvalue weighted by atomic mass is 35.5. The first-order valence-corrected chi connectivity index (χ1v) is 8.19. The Labute approximate surface area is 147 Å². The van der Waals surface area contributed by atoms with E-state index in [1.54, 1.807) is 0 Å². The Morgan fingerprint density at radius 3 is 2.58 bits per heavy atom. The molecule has 3 aromatic rings. The van der Waals surface area contributed by atoms with E-state index in [1.165, 1.54) is 0 Å². The van der Waals surface area contributed by atoms with Crippen LogP contribution in [0.1, 0.15) is 17.4 Å². The van der Waals surface area contributed by atoms with Crippen molar-refractivity contribution in [3.63, 3.8) is 0 Å². The van der Waals surface area contributed by atoms with Gasteiger partial charge in [0.2, 0.25) is 0 Å². The number of aryl methyl sites for hydroxylation is 1. The SMILES string of the molecule is CN(C)c1ccccc1NC(c1cccc(Cl)c1)c1nccn1C. The minimum absolute atomic E-state index is 0.0928. The van der Waals surface area contributed by atoms with Crippen molar-refractivity contribution >= 4 is 23.0 Å². The van der Waals surface area contributed by atoms with Crippen LogP contribution in [0.25, 0.3) is 0 Å². The molecule has 1 aromatic heterocycles. The zero-order valence-electron chi connectivity index (χ0n) is 14.1. The minimum atomic E-state index is -0.0928.